The average molecular weight is 585 g/mol. The van der Waals surface area contributed by atoms with Gasteiger partial charge < -0.3 is 19.9 Å². The van der Waals surface area contributed by atoms with Crippen LogP contribution in [0.5, 0.6) is 0 Å². The number of rotatable bonds is 8. The quantitative estimate of drug-likeness (QED) is 0.398. The van der Waals surface area contributed by atoms with Crippen molar-refractivity contribution in [3.8, 4) is 11.4 Å². The van der Waals surface area contributed by atoms with Crippen LogP contribution in [0.3, 0.4) is 0 Å². The van der Waals surface area contributed by atoms with Gasteiger partial charge in [0.2, 0.25) is 5.91 Å². The van der Waals surface area contributed by atoms with Crippen molar-refractivity contribution in [2.75, 3.05) is 13.1 Å². The van der Waals surface area contributed by atoms with Crippen molar-refractivity contribution in [3.05, 3.63) is 77.9 Å². The summed E-state index contributed by atoms with van der Waals surface area (Å²) in [5.41, 5.74) is 2.56. The Balaban J connectivity index is 1.16. The molecule has 1 aliphatic heterocycles. The third kappa shape index (κ3) is 7.94. The van der Waals surface area contributed by atoms with Gasteiger partial charge in [0.1, 0.15) is 5.60 Å². The molecule has 1 unspecified atom stereocenters. The van der Waals surface area contributed by atoms with Crippen LogP contribution in [0.25, 0.3) is 11.4 Å². The van der Waals surface area contributed by atoms with Gasteiger partial charge in [0.15, 0.2) is 5.82 Å². The molecule has 0 bridgehead atoms. The lowest BCUT2D eigenvalue weighted by Gasteiger charge is -2.39. The van der Waals surface area contributed by atoms with Crippen molar-refractivity contribution in [1.29, 1.82) is 0 Å². The van der Waals surface area contributed by atoms with E-state index in [0.29, 0.717) is 37.3 Å². The molecule has 0 radical (unpaired) electrons. The van der Waals surface area contributed by atoms with Crippen LogP contribution in [0, 0.1) is 0 Å². The van der Waals surface area contributed by atoms with Gasteiger partial charge in [-0.1, -0.05) is 30.3 Å². The van der Waals surface area contributed by atoms with Crippen LogP contribution >= 0.6 is 0 Å². The number of carbonyl (C=O) groups is 3. The van der Waals surface area contributed by atoms with Crippen LogP contribution in [0.1, 0.15) is 80.9 Å². The van der Waals surface area contributed by atoms with Gasteiger partial charge in [-0.15, -0.1) is 0 Å². The Hall–Kier alpha value is -4.34. The predicted octanol–water partition coefficient (Wildman–Crippen LogP) is 4.96. The molecule has 10 nitrogen and oxygen atoms in total. The molecule has 1 aliphatic carbocycles. The molecule has 3 aromatic rings. The summed E-state index contributed by atoms with van der Waals surface area (Å²) in [4.78, 5) is 55.4. The highest BCUT2D eigenvalue weighted by Gasteiger charge is 2.40. The molecule has 3 heterocycles. The van der Waals surface area contributed by atoms with Gasteiger partial charge in [-0.05, 0) is 70.6 Å². The number of aromatic nitrogens is 3. The predicted molar refractivity (Wildman–Crippen MR) is 162 cm³/mol. The Bertz CT molecular complexity index is 1410. The Morgan fingerprint density at radius 3 is 2.21 bits per heavy atom. The van der Waals surface area contributed by atoms with Gasteiger partial charge in [-0.25, -0.2) is 14.8 Å². The molecule has 226 valence electrons. The lowest BCUT2D eigenvalue weighted by Crippen LogP contribution is -2.50. The fraction of sp³-hybridized carbons (Fsp3) is 0.455. The first kappa shape index (κ1) is 30.1. The largest absolute Gasteiger partial charge is 0.444 e. The smallest absolute Gasteiger partial charge is 0.410 e. The molecule has 1 aromatic carbocycles. The molecule has 1 saturated carbocycles. The minimum absolute atomic E-state index is 0.0633. The van der Waals surface area contributed by atoms with E-state index in [1.165, 1.54) is 0 Å². The monoisotopic (exact) mass is 584 g/mol. The number of piperidine rings is 1. The summed E-state index contributed by atoms with van der Waals surface area (Å²) >= 11 is 0. The number of ether oxygens (including phenoxy) is 1. The molecule has 2 aromatic heterocycles. The molecule has 5 rings (SSSR count). The molecule has 43 heavy (non-hydrogen) atoms. The zero-order chi connectivity index (χ0) is 30.6. The Kier molecular flexibility index (Phi) is 9.03. The third-order valence-corrected chi connectivity index (χ3v) is 7.72. The zero-order valence-electron chi connectivity index (χ0n) is 25.3. The van der Waals surface area contributed by atoms with Gasteiger partial charge in [-0.2, -0.15) is 0 Å². The Morgan fingerprint density at radius 2 is 1.63 bits per heavy atom. The molecular weight excluding hydrogens is 544 g/mol. The van der Waals surface area contributed by atoms with Gasteiger partial charge in [0.25, 0.3) is 5.91 Å². The van der Waals surface area contributed by atoms with Crippen molar-refractivity contribution in [1.82, 2.24) is 30.1 Å². The molecule has 1 saturated heterocycles. The van der Waals surface area contributed by atoms with Crippen molar-refractivity contribution < 1.29 is 19.1 Å². The maximum Gasteiger partial charge on any atom is 0.410 e. The van der Waals surface area contributed by atoms with E-state index in [-0.39, 0.29) is 42.5 Å². The first-order chi connectivity index (χ1) is 20.6. The van der Waals surface area contributed by atoms with Crippen molar-refractivity contribution in [3.63, 3.8) is 0 Å². The summed E-state index contributed by atoms with van der Waals surface area (Å²) in [6, 6.07) is 11.5. The standard InChI is InChI=1S/C33H40N6O4/c1-22(25-6-5-15-34-19-25)37-29(40)18-23-7-9-24(10-8-23)30-35-20-26(21-36-30)31(41)39(27-11-12-27)28-13-16-38(17-14-28)32(42)43-33(2,3)4/h5-10,15,19-22,27-28H,11-14,16-18H2,1-4H3,(H,37,40). The van der Waals surface area contributed by atoms with Crippen molar-refractivity contribution in [2.24, 2.45) is 0 Å². The average Bonchev–Trinajstić information content (AvgIpc) is 3.83. The van der Waals surface area contributed by atoms with E-state index in [2.05, 4.69) is 20.3 Å². The number of pyridine rings is 1. The molecule has 0 spiro atoms. The third-order valence-electron chi connectivity index (χ3n) is 7.72. The molecule has 2 aliphatic rings. The second kappa shape index (κ2) is 12.9. The minimum atomic E-state index is -0.533. The number of nitrogens with zero attached hydrogens (tertiary/aromatic N) is 5. The van der Waals surface area contributed by atoms with Crippen molar-refractivity contribution >= 4 is 17.9 Å². The van der Waals surface area contributed by atoms with Crippen LogP contribution in [0.15, 0.2) is 61.2 Å². The lowest BCUT2D eigenvalue weighted by atomic mass is 10.0. The highest BCUT2D eigenvalue weighted by atomic mass is 16.6. The second-order valence-corrected chi connectivity index (χ2v) is 12.4. The maximum absolute atomic E-state index is 13.6. The fourth-order valence-electron chi connectivity index (χ4n) is 5.34. The van der Waals surface area contributed by atoms with Crippen molar-refractivity contribution in [2.45, 2.75) is 83.5 Å². The van der Waals surface area contributed by atoms with Crippen LogP contribution < -0.4 is 5.32 Å². The molecule has 2 fully saturated rings. The fourth-order valence-corrected chi connectivity index (χ4v) is 5.34. The van der Waals surface area contributed by atoms with Crippen LogP contribution in [0.4, 0.5) is 4.79 Å². The van der Waals surface area contributed by atoms with E-state index in [4.69, 9.17) is 4.74 Å². The summed E-state index contributed by atoms with van der Waals surface area (Å²) in [6.45, 7) is 8.65. The van der Waals surface area contributed by atoms with Gasteiger partial charge >= 0.3 is 6.09 Å². The highest BCUT2D eigenvalue weighted by Crippen LogP contribution is 2.33. The SMILES string of the molecule is CC(NC(=O)Cc1ccc(-c2ncc(C(=O)N(C3CC3)C3CCN(C(=O)OC(C)(C)C)CC3)cn2)cc1)c1cccnc1. The van der Waals surface area contributed by atoms with E-state index in [1.807, 2.05) is 69.0 Å². The summed E-state index contributed by atoms with van der Waals surface area (Å²) in [5, 5.41) is 3.01. The molecule has 3 amide bonds. The molecular formula is C33H40N6O4. The normalized spacial score (nSPS) is 16.3. The Morgan fingerprint density at radius 1 is 0.977 bits per heavy atom. The highest BCUT2D eigenvalue weighted by molar-refractivity contribution is 5.94. The van der Waals surface area contributed by atoms with Gasteiger partial charge in [0.05, 0.1) is 18.0 Å². The summed E-state index contributed by atoms with van der Waals surface area (Å²) in [7, 11) is 0. The summed E-state index contributed by atoms with van der Waals surface area (Å²) in [6.07, 6.45) is 10.0. The van der Waals surface area contributed by atoms with E-state index in [0.717, 1.165) is 29.5 Å². The number of benzene rings is 1. The number of carbonyl (C=O) groups excluding carboxylic acids is 3. The first-order valence-corrected chi connectivity index (χ1v) is 15.0. The van der Waals surface area contributed by atoms with Crippen LogP contribution in [-0.4, -0.2) is 73.4 Å². The van der Waals surface area contributed by atoms with Crippen LogP contribution in [-0.2, 0) is 16.0 Å². The first-order valence-electron chi connectivity index (χ1n) is 15.0. The topological polar surface area (TPSA) is 118 Å². The van der Waals surface area contributed by atoms with E-state index >= 15 is 0 Å². The Labute approximate surface area is 252 Å². The molecule has 1 N–H and O–H groups in total. The lowest BCUT2D eigenvalue weighted by molar-refractivity contribution is -0.121. The molecule has 10 heteroatoms. The number of likely N-dealkylation sites (tertiary alicyclic amines) is 1. The number of hydrogen-bond acceptors (Lipinski definition) is 7. The number of hydrogen-bond donors (Lipinski definition) is 1. The zero-order valence-corrected chi connectivity index (χ0v) is 25.3. The second-order valence-electron chi connectivity index (χ2n) is 12.4. The van der Waals surface area contributed by atoms with E-state index in [1.54, 1.807) is 29.7 Å². The van der Waals surface area contributed by atoms with E-state index < -0.39 is 5.60 Å². The minimum Gasteiger partial charge on any atom is -0.444 e. The number of nitrogens with one attached hydrogen (secondary N) is 1. The van der Waals surface area contributed by atoms with Crippen LogP contribution in [0.2, 0.25) is 0 Å². The maximum atomic E-state index is 13.6. The number of amides is 3. The van der Waals surface area contributed by atoms with E-state index in [9.17, 15) is 14.4 Å². The van der Waals surface area contributed by atoms with Gasteiger partial charge in [-0.3, -0.25) is 14.6 Å². The summed E-state index contributed by atoms with van der Waals surface area (Å²) in [5.74, 6) is 0.381. The van der Waals surface area contributed by atoms with Gasteiger partial charge in [0, 0.05) is 55.5 Å². The summed E-state index contributed by atoms with van der Waals surface area (Å²) < 4.78 is 5.52. The molecule has 1 atom stereocenters.